The molecule has 0 radical (unpaired) electrons. The van der Waals surface area contributed by atoms with Gasteiger partial charge in [-0.15, -0.1) is 0 Å². The van der Waals surface area contributed by atoms with Crippen molar-refractivity contribution in [1.82, 2.24) is 24.4 Å². The summed E-state index contributed by atoms with van der Waals surface area (Å²) in [6.07, 6.45) is 10.7. The van der Waals surface area contributed by atoms with Gasteiger partial charge in [0, 0.05) is 45.0 Å². The van der Waals surface area contributed by atoms with Crippen molar-refractivity contribution in [2.75, 3.05) is 26.2 Å². The molecule has 1 fully saturated rings. The number of ether oxygens (including phenoxy) is 2. The zero-order chi connectivity index (χ0) is 30.8. The van der Waals surface area contributed by atoms with Crippen LogP contribution in [0.1, 0.15) is 55.6 Å². The third-order valence-electron chi connectivity index (χ3n) is 7.65. The van der Waals surface area contributed by atoms with E-state index in [-0.39, 0.29) is 12.1 Å². The number of nitrogens with zero attached hydrogens (tertiary/aromatic N) is 7. The van der Waals surface area contributed by atoms with Crippen LogP contribution in [0.4, 0.5) is 4.79 Å². The van der Waals surface area contributed by atoms with Gasteiger partial charge in [-0.1, -0.05) is 6.07 Å². The van der Waals surface area contributed by atoms with Crippen molar-refractivity contribution in [1.29, 1.82) is 5.41 Å². The second-order valence-corrected chi connectivity index (χ2v) is 12.1. The van der Waals surface area contributed by atoms with E-state index in [0.29, 0.717) is 24.7 Å². The number of rotatable bonds is 7. The molecule has 228 valence electrons. The first-order valence-corrected chi connectivity index (χ1v) is 14.9. The molecule has 0 bridgehead atoms. The predicted octanol–water partition coefficient (Wildman–Crippen LogP) is 3.38. The number of aromatic nitrogens is 3. The minimum Gasteiger partial charge on any atom is -0.457 e. The Bertz CT molecular complexity index is 1710. The van der Waals surface area contributed by atoms with Crippen LogP contribution in [-0.4, -0.2) is 80.2 Å². The highest BCUT2D eigenvalue weighted by Gasteiger charge is 2.35. The molecule has 12 heteroatoms. The number of hydrogen-bond acceptors (Lipinski definition) is 8. The summed E-state index contributed by atoms with van der Waals surface area (Å²) in [6, 6.07) is 8.14. The molecule has 3 aliphatic rings. The van der Waals surface area contributed by atoms with E-state index in [4.69, 9.17) is 19.9 Å². The molecule has 6 rings (SSSR count). The van der Waals surface area contributed by atoms with Gasteiger partial charge in [0.2, 0.25) is 5.84 Å². The Balaban J connectivity index is 1.14. The molecule has 1 saturated heterocycles. The number of carbonyl (C=O) groups is 1. The van der Waals surface area contributed by atoms with Crippen LogP contribution < -0.4 is 10.1 Å². The van der Waals surface area contributed by atoms with Crippen molar-refractivity contribution < 1.29 is 19.6 Å². The van der Waals surface area contributed by atoms with Crippen molar-refractivity contribution in [2.24, 2.45) is 9.98 Å². The van der Waals surface area contributed by atoms with Gasteiger partial charge in [0.25, 0.3) is 0 Å². The number of amidine groups is 1. The molecule has 3 aromatic rings. The predicted molar refractivity (Wildman–Crippen MR) is 167 cm³/mol. The van der Waals surface area contributed by atoms with E-state index in [1.165, 1.54) is 0 Å². The summed E-state index contributed by atoms with van der Waals surface area (Å²) in [5.74, 6) is 2.09. The maximum absolute atomic E-state index is 12.6. The van der Waals surface area contributed by atoms with Crippen molar-refractivity contribution in [3.63, 3.8) is 0 Å². The molecule has 3 aliphatic heterocycles. The number of quaternary nitrogens is 1. The Morgan fingerprint density at radius 3 is 2.86 bits per heavy atom. The molecule has 3 N–H and O–H groups in total. The van der Waals surface area contributed by atoms with Gasteiger partial charge in [0.05, 0.1) is 17.3 Å². The fourth-order valence-corrected chi connectivity index (χ4v) is 5.52. The van der Waals surface area contributed by atoms with Gasteiger partial charge in [-0.2, -0.15) is 10.1 Å². The van der Waals surface area contributed by atoms with E-state index in [9.17, 15) is 4.79 Å². The van der Waals surface area contributed by atoms with E-state index in [0.717, 1.165) is 71.8 Å². The fourth-order valence-electron chi connectivity index (χ4n) is 5.52. The third kappa shape index (κ3) is 6.61. The molecule has 1 amide bonds. The number of benzene rings is 1. The highest BCUT2D eigenvalue weighted by molar-refractivity contribution is 6.16. The van der Waals surface area contributed by atoms with Gasteiger partial charge in [-0.3, -0.25) is 20.6 Å². The van der Waals surface area contributed by atoms with Gasteiger partial charge in [0.1, 0.15) is 47.7 Å². The smallest absolute Gasteiger partial charge is 0.410 e. The van der Waals surface area contributed by atoms with Gasteiger partial charge in [0.15, 0.2) is 0 Å². The zero-order valence-corrected chi connectivity index (χ0v) is 25.5. The molecular formula is C32H38N9O3+. The lowest BCUT2D eigenvalue weighted by Crippen LogP contribution is -2.82. The molecule has 5 heterocycles. The summed E-state index contributed by atoms with van der Waals surface area (Å²) < 4.78 is 13.6. The van der Waals surface area contributed by atoms with Crippen LogP contribution in [0.2, 0.25) is 0 Å². The summed E-state index contributed by atoms with van der Waals surface area (Å²) in [4.78, 5) is 30.3. The summed E-state index contributed by atoms with van der Waals surface area (Å²) in [7, 11) is 0. The number of aryl methyl sites for hydroxylation is 1. The molecule has 2 aromatic heterocycles. The molecule has 0 saturated carbocycles. The van der Waals surface area contributed by atoms with E-state index in [1.54, 1.807) is 12.4 Å². The van der Waals surface area contributed by atoms with Crippen LogP contribution in [0.5, 0.6) is 5.75 Å². The van der Waals surface area contributed by atoms with Crippen LogP contribution in [-0.2, 0) is 11.3 Å². The first kappa shape index (κ1) is 29.4. The number of amides is 1. The minimum absolute atomic E-state index is 0.0699. The van der Waals surface area contributed by atoms with Crippen LogP contribution in [0.25, 0.3) is 5.52 Å². The topological polar surface area (TPSA) is 137 Å². The lowest BCUT2D eigenvalue weighted by molar-refractivity contribution is -0.461. The van der Waals surface area contributed by atoms with Crippen molar-refractivity contribution in [3.05, 3.63) is 83.3 Å². The Morgan fingerprint density at radius 1 is 1.20 bits per heavy atom. The fraction of sp³-hybridized carbons (Fsp3) is 0.375. The number of nitrogens with one attached hydrogen (secondary N) is 1. The van der Waals surface area contributed by atoms with Gasteiger partial charge in [-0.05, 0) is 69.0 Å². The Morgan fingerprint density at radius 2 is 2.07 bits per heavy atom. The lowest BCUT2D eigenvalue weighted by atomic mass is 10.0. The number of carbonyl (C=O) groups excluding carboxylic acids is 1. The van der Waals surface area contributed by atoms with Crippen LogP contribution in [0.3, 0.4) is 0 Å². The quantitative estimate of drug-likeness (QED) is 0.317. The molecule has 12 nitrogen and oxygen atoms in total. The van der Waals surface area contributed by atoms with E-state index < -0.39 is 5.60 Å². The average molecular weight is 597 g/mol. The molecule has 1 aromatic carbocycles. The van der Waals surface area contributed by atoms with Crippen molar-refractivity contribution >= 4 is 29.5 Å². The monoisotopic (exact) mass is 596 g/mol. The number of nitrogens with two attached hydrogens (primary N) is 1. The largest absolute Gasteiger partial charge is 0.457 e. The lowest BCUT2D eigenvalue weighted by Gasteiger charge is -2.26. The summed E-state index contributed by atoms with van der Waals surface area (Å²) in [5.41, 5.74) is 5.46. The highest BCUT2D eigenvalue weighted by atomic mass is 16.6. The Kier molecular flexibility index (Phi) is 8.11. The van der Waals surface area contributed by atoms with Crippen molar-refractivity contribution in [3.8, 4) is 5.75 Å². The Labute approximate surface area is 256 Å². The zero-order valence-electron chi connectivity index (χ0n) is 25.5. The maximum atomic E-state index is 12.6. The van der Waals surface area contributed by atoms with Gasteiger partial charge in [-0.25, -0.2) is 14.3 Å². The average Bonchev–Trinajstić information content (AvgIpc) is 3.72. The van der Waals surface area contributed by atoms with E-state index >= 15 is 0 Å². The molecule has 0 aliphatic carbocycles. The van der Waals surface area contributed by atoms with Gasteiger partial charge < -0.3 is 14.4 Å². The molecule has 0 spiro atoms. The highest BCUT2D eigenvalue weighted by Crippen LogP contribution is 2.38. The normalized spacial score (nSPS) is 19.9. The first-order chi connectivity index (χ1) is 21.2. The van der Waals surface area contributed by atoms with Gasteiger partial charge >= 0.3 is 6.09 Å². The second-order valence-electron chi connectivity index (χ2n) is 12.1. The molecular weight excluding hydrogens is 558 g/mol. The first-order valence-electron chi connectivity index (χ1n) is 14.9. The SMILES string of the molecule is Cc1cc(C2N=C2c2ncnn3ccc(CN4CCCN(C(=O)OC(C)(C)C)CC4)c23)ccc1OC1=CC(=NC=N)[NH2+]C=C1. The van der Waals surface area contributed by atoms with Crippen molar-refractivity contribution in [2.45, 2.75) is 52.3 Å². The van der Waals surface area contributed by atoms with E-state index in [2.05, 4.69) is 32.1 Å². The standard InChI is InChI=1S/C32H37N9O3/c1-21-16-22(6-7-25(21)43-24-8-10-34-26(17-24)35-19-33)27-28(38-27)29-30-23(9-13-41(30)37-20-36-29)18-39-11-5-12-40(15-14-39)31(42)44-32(2,3)4/h6-10,13,16-17,19-20,27H,5,11-12,14-15,18H2,1-4H3,(H2,33,34,35)/p+1. The third-order valence-corrected chi connectivity index (χ3v) is 7.65. The number of allylic oxidation sites excluding steroid dienone is 1. The molecule has 1 atom stereocenters. The van der Waals surface area contributed by atoms with Crippen LogP contribution in [0.15, 0.2) is 70.9 Å². The molecule has 1 unspecified atom stereocenters. The summed E-state index contributed by atoms with van der Waals surface area (Å²) in [6.45, 7) is 11.4. The Hall–Kier alpha value is -4.68. The minimum atomic E-state index is -0.506. The summed E-state index contributed by atoms with van der Waals surface area (Å²) >= 11 is 0. The number of aliphatic imine (C=N–C) groups is 2. The van der Waals surface area contributed by atoms with Crippen LogP contribution >= 0.6 is 0 Å². The molecule has 44 heavy (non-hydrogen) atoms. The second kappa shape index (κ2) is 12.1. The van der Waals surface area contributed by atoms with E-state index in [1.807, 2.05) is 73.0 Å². The summed E-state index contributed by atoms with van der Waals surface area (Å²) in [5, 5.41) is 13.5. The van der Waals surface area contributed by atoms with Crippen LogP contribution in [0, 0.1) is 12.3 Å². The maximum Gasteiger partial charge on any atom is 0.410 e. The number of fused-ring (bicyclic) bond motifs is 1. The number of hydrogen-bond donors (Lipinski definition) is 2.